The molecule has 0 spiro atoms. The van der Waals surface area contributed by atoms with Gasteiger partial charge in [0.2, 0.25) is 0 Å². The Kier molecular flexibility index (Phi) is 6.91. The molecule has 1 aliphatic rings. The van der Waals surface area contributed by atoms with Gasteiger partial charge in [-0.25, -0.2) is 0 Å². The first-order valence-corrected chi connectivity index (χ1v) is 12.5. The zero-order valence-corrected chi connectivity index (χ0v) is 20.4. The molecule has 2 heterocycles. The van der Waals surface area contributed by atoms with Crippen molar-refractivity contribution in [2.75, 3.05) is 19.0 Å². The number of pyridine rings is 1. The number of fused-ring (bicyclic) bond motifs is 2. The van der Waals surface area contributed by atoms with Crippen molar-refractivity contribution < 1.29 is 14.6 Å². The van der Waals surface area contributed by atoms with Gasteiger partial charge in [0.25, 0.3) is 0 Å². The summed E-state index contributed by atoms with van der Waals surface area (Å²) in [6, 6.07) is 14.5. The van der Waals surface area contributed by atoms with E-state index in [1.54, 1.807) is 13.3 Å². The number of aliphatic hydroxyl groups is 1. The SMILES string of the molecule is CCOc1cc(Nc2ccnc3c2CCCC3O)ccc1CCCc1c[nH]c2cc(OC)ccc12. The number of nitrogens with zero attached hydrogens (tertiary/aromatic N) is 1. The zero-order chi connectivity index (χ0) is 24.2. The number of ether oxygens (including phenoxy) is 2. The molecule has 0 radical (unpaired) electrons. The van der Waals surface area contributed by atoms with Crippen molar-refractivity contribution in [3.8, 4) is 11.5 Å². The van der Waals surface area contributed by atoms with Crippen LogP contribution in [0.15, 0.2) is 54.9 Å². The summed E-state index contributed by atoms with van der Waals surface area (Å²) in [7, 11) is 1.69. The van der Waals surface area contributed by atoms with Crippen molar-refractivity contribution >= 4 is 22.3 Å². The van der Waals surface area contributed by atoms with E-state index in [1.165, 1.54) is 16.5 Å². The van der Waals surface area contributed by atoms with Gasteiger partial charge in [-0.2, -0.15) is 0 Å². The molecule has 6 nitrogen and oxygen atoms in total. The lowest BCUT2D eigenvalue weighted by atomic mass is 9.92. The Balaban J connectivity index is 1.29. The van der Waals surface area contributed by atoms with E-state index in [9.17, 15) is 5.11 Å². The molecule has 2 aromatic carbocycles. The van der Waals surface area contributed by atoms with Crippen molar-refractivity contribution in [1.82, 2.24) is 9.97 Å². The molecule has 35 heavy (non-hydrogen) atoms. The second kappa shape index (κ2) is 10.4. The molecule has 0 saturated heterocycles. The van der Waals surface area contributed by atoms with Gasteiger partial charge in [-0.3, -0.25) is 4.98 Å². The maximum absolute atomic E-state index is 10.3. The molecule has 1 atom stereocenters. The largest absolute Gasteiger partial charge is 0.497 e. The van der Waals surface area contributed by atoms with Gasteiger partial charge < -0.3 is 24.9 Å². The van der Waals surface area contributed by atoms with Gasteiger partial charge in [-0.05, 0) is 86.4 Å². The van der Waals surface area contributed by atoms with E-state index in [4.69, 9.17) is 9.47 Å². The number of hydrogen-bond acceptors (Lipinski definition) is 5. The summed E-state index contributed by atoms with van der Waals surface area (Å²) >= 11 is 0. The van der Waals surface area contributed by atoms with E-state index < -0.39 is 6.10 Å². The normalized spacial score (nSPS) is 15.1. The van der Waals surface area contributed by atoms with Crippen molar-refractivity contribution in [2.24, 2.45) is 0 Å². The topological polar surface area (TPSA) is 79.4 Å². The highest BCUT2D eigenvalue weighted by molar-refractivity contribution is 5.84. The molecule has 4 aromatic rings. The van der Waals surface area contributed by atoms with Crippen LogP contribution in [0.4, 0.5) is 11.4 Å². The van der Waals surface area contributed by atoms with Crippen LogP contribution in [0.3, 0.4) is 0 Å². The van der Waals surface area contributed by atoms with Crippen LogP contribution in [0.5, 0.6) is 11.5 Å². The van der Waals surface area contributed by atoms with Crippen LogP contribution in [0.25, 0.3) is 10.9 Å². The Morgan fingerprint density at radius 2 is 2.00 bits per heavy atom. The zero-order valence-electron chi connectivity index (χ0n) is 20.4. The number of benzene rings is 2. The van der Waals surface area contributed by atoms with E-state index in [1.807, 2.05) is 25.1 Å². The van der Waals surface area contributed by atoms with E-state index >= 15 is 0 Å². The first kappa shape index (κ1) is 23.2. The third kappa shape index (κ3) is 4.98. The fraction of sp³-hybridized carbons (Fsp3) is 0.345. The van der Waals surface area contributed by atoms with Gasteiger partial charge in [0.05, 0.1) is 25.5 Å². The van der Waals surface area contributed by atoms with Gasteiger partial charge in [-0.15, -0.1) is 0 Å². The number of aliphatic hydroxyl groups excluding tert-OH is 1. The van der Waals surface area contributed by atoms with Crippen molar-refractivity contribution in [3.05, 3.63) is 77.2 Å². The number of aromatic nitrogens is 2. The molecule has 182 valence electrons. The molecule has 0 amide bonds. The Morgan fingerprint density at radius 3 is 2.86 bits per heavy atom. The minimum Gasteiger partial charge on any atom is -0.497 e. The summed E-state index contributed by atoms with van der Waals surface area (Å²) in [5.41, 5.74) is 7.56. The van der Waals surface area contributed by atoms with Crippen LogP contribution < -0.4 is 14.8 Å². The highest BCUT2D eigenvalue weighted by Gasteiger charge is 2.22. The first-order chi connectivity index (χ1) is 17.2. The summed E-state index contributed by atoms with van der Waals surface area (Å²) in [6.45, 7) is 2.64. The lowest BCUT2D eigenvalue weighted by Gasteiger charge is -2.23. The maximum atomic E-state index is 10.3. The molecular formula is C29H33N3O3. The number of aryl methyl sites for hydroxylation is 2. The van der Waals surface area contributed by atoms with Gasteiger partial charge in [-0.1, -0.05) is 6.07 Å². The summed E-state index contributed by atoms with van der Waals surface area (Å²) in [6.07, 6.45) is 9.04. The molecule has 1 aliphatic carbocycles. The average Bonchev–Trinajstić information content (AvgIpc) is 3.28. The smallest absolute Gasteiger partial charge is 0.124 e. The summed E-state index contributed by atoms with van der Waals surface area (Å²) in [5, 5.41) is 15.1. The molecule has 6 heteroatoms. The summed E-state index contributed by atoms with van der Waals surface area (Å²) < 4.78 is 11.3. The van der Waals surface area contributed by atoms with E-state index in [2.05, 4.69) is 45.7 Å². The van der Waals surface area contributed by atoms with Crippen LogP contribution in [-0.2, 0) is 19.3 Å². The highest BCUT2D eigenvalue weighted by atomic mass is 16.5. The molecule has 1 unspecified atom stereocenters. The molecule has 3 N–H and O–H groups in total. The van der Waals surface area contributed by atoms with E-state index in [0.29, 0.717) is 6.61 Å². The van der Waals surface area contributed by atoms with Gasteiger partial charge >= 0.3 is 0 Å². The molecule has 0 aliphatic heterocycles. The quantitative estimate of drug-likeness (QED) is 0.269. The number of methoxy groups -OCH3 is 1. The van der Waals surface area contributed by atoms with Crippen molar-refractivity contribution in [2.45, 2.75) is 51.6 Å². The number of anilines is 2. The lowest BCUT2D eigenvalue weighted by molar-refractivity contribution is 0.151. The molecule has 5 rings (SSSR count). The predicted octanol–water partition coefficient (Wildman–Crippen LogP) is 6.26. The van der Waals surface area contributed by atoms with Crippen LogP contribution in [-0.4, -0.2) is 28.8 Å². The van der Waals surface area contributed by atoms with E-state index in [0.717, 1.165) is 78.2 Å². The minimum atomic E-state index is -0.471. The van der Waals surface area contributed by atoms with Crippen LogP contribution in [0, 0.1) is 0 Å². The van der Waals surface area contributed by atoms with Gasteiger partial charge in [0.15, 0.2) is 0 Å². The average molecular weight is 472 g/mol. The summed E-state index contributed by atoms with van der Waals surface area (Å²) in [4.78, 5) is 7.79. The Hall–Kier alpha value is -3.51. The Labute approximate surface area is 206 Å². The highest BCUT2D eigenvalue weighted by Crippen LogP contribution is 2.35. The van der Waals surface area contributed by atoms with Crippen molar-refractivity contribution in [1.29, 1.82) is 0 Å². The monoisotopic (exact) mass is 471 g/mol. The number of nitrogens with one attached hydrogen (secondary N) is 2. The van der Waals surface area contributed by atoms with Crippen LogP contribution in [0.1, 0.15) is 54.7 Å². The van der Waals surface area contributed by atoms with Crippen molar-refractivity contribution in [3.63, 3.8) is 0 Å². The third-order valence-electron chi connectivity index (χ3n) is 6.82. The fourth-order valence-corrected chi connectivity index (χ4v) is 5.04. The Bertz CT molecular complexity index is 1310. The number of H-pyrrole nitrogens is 1. The van der Waals surface area contributed by atoms with E-state index in [-0.39, 0.29) is 0 Å². The molecule has 0 bridgehead atoms. The maximum Gasteiger partial charge on any atom is 0.124 e. The van der Waals surface area contributed by atoms with Crippen LogP contribution in [0.2, 0.25) is 0 Å². The van der Waals surface area contributed by atoms with Gasteiger partial charge in [0.1, 0.15) is 11.5 Å². The standard InChI is InChI=1S/C29H33N3O3/c1-3-35-28-16-21(32-25-14-15-30-29-24(25)8-5-9-27(29)33)11-10-19(28)6-4-7-20-18-31-26-17-22(34-2)12-13-23(20)26/h10-18,27,31,33H,3-9H2,1-2H3,(H,30,32). The summed E-state index contributed by atoms with van der Waals surface area (Å²) in [5.74, 6) is 1.79. The third-order valence-corrected chi connectivity index (χ3v) is 6.82. The number of hydrogen-bond donors (Lipinski definition) is 3. The van der Waals surface area contributed by atoms with Gasteiger partial charge in [0, 0.05) is 46.8 Å². The molecule has 2 aromatic heterocycles. The molecular weight excluding hydrogens is 438 g/mol. The number of aromatic amines is 1. The first-order valence-electron chi connectivity index (χ1n) is 12.5. The number of rotatable bonds is 9. The fourth-order valence-electron chi connectivity index (χ4n) is 5.04. The Morgan fingerprint density at radius 1 is 1.11 bits per heavy atom. The minimum absolute atomic E-state index is 0.471. The second-order valence-electron chi connectivity index (χ2n) is 9.09. The lowest BCUT2D eigenvalue weighted by Crippen LogP contribution is -2.13. The predicted molar refractivity (Wildman–Crippen MR) is 140 cm³/mol. The molecule has 0 fully saturated rings. The second-order valence-corrected chi connectivity index (χ2v) is 9.09. The molecule has 0 saturated carbocycles. The van der Waals surface area contributed by atoms with Crippen LogP contribution >= 0.6 is 0 Å².